The minimum Gasteiger partial charge on any atom is -0.383 e. The lowest BCUT2D eigenvalue weighted by atomic mass is 10.4. The molecule has 0 aliphatic rings. The normalized spacial score (nSPS) is 9.29. The number of urea groups is 1. The Bertz CT molecular complexity index is 185. The van der Waals surface area contributed by atoms with E-state index < -0.39 is 0 Å². The number of rotatable bonds is 6. The van der Waals surface area contributed by atoms with E-state index in [2.05, 4.69) is 16.0 Å². The predicted molar refractivity (Wildman–Crippen MR) is 52.0 cm³/mol. The molecule has 0 saturated heterocycles. The van der Waals surface area contributed by atoms with Crippen molar-refractivity contribution in [3.63, 3.8) is 0 Å². The summed E-state index contributed by atoms with van der Waals surface area (Å²) in [7, 11) is 3.09. The highest BCUT2D eigenvalue weighted by Crippen LogP contribution is 1.77. The van der Waals surface area contributed by atoms with Crippen LogP contribution in [0, 0.1) is 0 Å². The van der Waals surface area contributed by atoms with Gasteiger partial charge in [-0.3, -0.25) is 4.79 Å². The summed E-state index contributed by atoms with van der Waals surface area (Å²) >= 11 is 0. The first kappa shape index (κ1) is 12.7. The Labute approximate surface area is 83.4 Å². The molecule has 0 saturated carbocycles. The summed E-state index contributed by atoms with van der Waals surface area (Å²) in [6, 6.07) is -0.283. The molecular formula is C8H17N3O3. The molecule has 82 valence electrons. The van der Waals surface area contributed by atoms with Crippen LogP contribution < -0.4 is 16.0 Å². The largest absolute Gasteiger partial charge is 0.383 e. The highest BCUT2D eigenvalue weighted by molar-refractivity contribution is 5.77. The maximum Gasteiger partial charge on any atom is 0.314 e. The summed E-state index contributed by atoms with van der Waals surface area (Å²) in [5.41, 5.74) is 0. The topological polar surface area (TPSA) is 79.5 Å². The van der Waals surface area contributed by atoms with Crippen molar-refractivity contribution in [1.29, 1.82) is 0 Å². The van der Waals surface area contributed by atoms with Gasteiger partial charge in [-0.1, -0.05) is 0 Å². The van der Waals surface area contributed by atoms with Crippen molar-refractivity contribution in [2.75, 3.05) is 33.9 Å². The van der Waals surface area contributed by atoms with Crippen LogP contribution in [0.3, 0.4) is 0 Å². The first-order valence-electron chi connectivity index (χ1n) is 4.42. The Morgan fingerprint density at radius 2 is 1.93 bits per heavy atom. The van der Waals surface area contributed by atoms with Gasteiger partial charge in [-0.25, -0.2) is 4.79 Å². The van der Waals surface area contributed by atoms with Gasteiger partial charge in [-0.2, -0.15) is 0 Å². The summed E-state index contributed by atoms with van der Waals surface area (Å²) in [4.78, 5) is 21.7. The molecule has 0 radical (unpaired) electrons. The van der Waals surface area contributed by atoms with Crippen LogP contribution in [0.15, 0.2) is 0 Å². The second kappa shape index (κ2) is 8.31. The fraction of sp³-hybridized carbons (Fsp3) is 0.750. The predicted octanol–water partition coefficient (Wildman–Crippen LogP) is -0.932. The number of nitrogens with one attached hydrogen (secondary N) is 3. The first-order chi connectivity index (χ1) is 6.70. The van der Waals surface area contributed by atoms with E-state index in [0.29, 0.717) is 19.7 Å². The van der Waals surface area contributed by atoms with Crippen molar-refractivity contribution in [3.05, 3.63) is 0 Å². The van der Waals surface area contributed by atoms with Gasteiger partial charge in [0.15, 0.2) is 0 Å². The van der Waals surface area contributed by atoms with Crippen molar-refractivity contribution in [2.45, 2.75) is 6.42 Å². The zero-order valence-electron chi connectivity index (χ0n) is 8.55. The van der Waals surface area contributed by atoms with Crippen molar-refractivity contribution >= 4 is 11.9 Å². The maximum atomic E-state index is 11.0. The minimum atomic E-state index is -0.283. The number of carbonyl (C=O) groups excluding carboxylic acids is 2. The zero-order chi connectivity index (χ0) is 10.8. The molecule has 0 atom stereocenters. The molecule has 0 aromatic heterocycles. The van der Waals surface area contributed by atoms with E-state index in [4.69, 9.17) is 4.74 Å². The molecule has 0 unspecified atom stereocenters. The Balaban J connectivity index is 3.31. The third kappa shape index (κ3) is 7.35. The maximum absolute atomic E-state index is 11.0. The third-order valence-corrected chi connectivity index (χ3v) is 1.49. The highest BCUT2D eigenvalue weighted by atomic mass is 16.5. The number of methoxy groups -OCH3 is 1. The molecule has 0 spiro atoms. The van der Waals surface area contributed by atoms with Crippen LogP contribution in [-0.2, 0) is 9.53 Å². The number of ether oxygens (including phenoxy) is 1. The van der Waals surface area contributed by atoms with Crippen LogP contribution in [0.4, 0.5) is 4.79 Å². The van der Waals surface area contributed by atoms with E-state index in [0.717, 1.165) is 0 Å². The van der Waals surface area contributed by atoms with Crippen molar-refractivity contribution < 1.29 is 14.3 Å². The molecule has 0 aliphatic heterocycles. The lowest BCUT2D eigenvalue weighted by Gasteiger charge is -2.05. The van der Waals surface area contributed by atoms with E-state index >= 15 is 0 Å². The van der Waals surface area contributed by atoms with Gasteiger partial charge in [0.2, 0.25) is 5.91 Å². The number of hydrogen-bond acceptors (Lipinski definition) is 3. The van der Waals surface area contributed by atoms with Crippen LogP contribution in [0.2, 0.25) is 0 Å². The Kier molecular flexibility index (Phi) is 7.53. The second-order valence-electron chi connectivity index (χ2n) is 2.60. The summed E-state index contributed by atoms with van der Waals surface area (Å²) in [6.45, 7) is 1.32. The van der Waals surface area contributed by atoms with E-state index in [1.165, 1.54) is 7.05 Å². The average Bonchev–Trinajstić information content (AvgIpc) is 2.18. The molecule has 6 nitrogen and oxygen atoms in total. The third-order valence-electron chi connectivity index (χ3n) is 1.49. The minimum absolute atomic E-state index is 0.0987. The molecule has 3 amide bonds. The second-order valence-corrected chi connectivity index (χ2v) is 2.60. The van der Waals surface area contributed by atoms with Crippen LogP contribution >= 0.6 is 0 Å². The van der Waals surface area contributed by atoms with Gasteiger partial charge in [0.1, 0.15) is 0 Å². The smallest absolute Gasteiger partial charge is 0.314 e. The molecule has 0 fully saturated rings. The molecule has 0 aromatic carbocycles. The van der Waals surface area contributed by atoms with Gasteiger partial charge >= 0.3 is 6.03 Å². The van der Waals surface area contributed by atoms with Crippen molar-refractivity contribution in [2.24, 2.45) is 0 Å². The van der Waals surface area contributed by atoms with E-state index in [-0.39, 0.29) is 18.4 Å². The monoisotopic (exact) mass is 203 g/mol. The number of amides is 3. The summed E-state index contributed by atoms with van der Waals surface area (Å²) in [5, 5.41) is 7.54. The Hall–Kier alpha value is -1.30. The van der Waals surface area contributed by atoms with E-state index in [1.54, 1.807) is 7.11 Å². The number of carbonyl (C=O) groups is 2. The van der Waals surface area contributed by atoms with Crippen LogP contribution in [-0.4, -0.2) is 45.8 Å². The molecule has 6 heteroatoms. The van der Waals surface area contributed by atoms with E-state index in [1.807, 2.05) is 0 Å². The van der Waals surface area contributed by atoms with Gasteiger partial charge in [-0.05, 0) is 0 Å². The standard InChI is InChI=1S/C8H17N3O3/c1-9-8(13)11-4-3-7(12)10-5-6-14-2/h3-6H2,1-2H3,(H,10,12)(H2,9,11,13). The molecule has 14 heavy (non-hydrogen) atoms. The van der Waals surface area contributed by atoms with Gasteiger partial charge < -0.3 is 20.7 Å². The fourth-order valence-electron chi connectivity index (χ4n) is 0.759. The highest BCUT2D eigenvalue weighted by Gasteiger charge is 2.01. The van der Waals surface area contributed by atoms with E-state index in [9.17, 15) is 9.59 Å². The molecular weight excluding hydrogens is 186 g/mol. The van der Waals surface area contributed by atoms with Gasteiger partial charge in [0.25, 0.3) is 0 Å². The van der Waals surface area contributed by atoms with Crippen LogP contribution in [0.1, 0.15) is 6.42 Å². The quantitative estimate of drug-likeness (QED) is 0.488. The molecule has 0 rings (SSSR count). The molecule has 0 bridgehead atoms. The summed E-state index contributed by atoms with van der Waals surface area (Å²) in [5.74, 6) is -0.0987. The van der Waals surface area contributed by atoms with Crippen LogP contribution in [0.5, 0.6) is 0 Å². The van der Waals surface area contributed by atoms with Gasteiger partial charge in [-0.15, -0.1) is 0 Å². The van der Waals surface area contributed by atoms with Crippen LogP contribution in [0.25, 0.3) is 0 Å². The number of hydrogen-bond donors (Lipinski definition) is 3. The summed E-state index contributed by atoms with van der Waals surface area (Å²) in [6.07, 6.45) is 0.275. The SMILES string of the molecule is CNC(=O)NCCC(=O)NCCOC. The Morgan fingerprint density at radius 3 is 2.50 bits per heavy atom. The Morgan fingerprint density at radius 1 is 1.21 bits per heavy atom. The van der Waals surface area contributed by atoms with Gasteiger partial charge in [0.05, 0.1) is 6.61 Å². The van der Waals surface area contributed by atoms with Crippen molar-refractivity contribution in [3.8, 4) is 0 Å². The molecule has 3 N–H and O–H groups in total. The molecule has 0 heterocycles. The summed E-state index contributed by atoms with van der Waals surface area (Å²) < 4.78 is 4.76. The lowest BCUT2D eigenvalue weighted by molar-refractivity contribution is -0.121. The zero-order valence-corrected chi connectivity index (χ0v) is 8.55. The average molecular weight is 203 g/mol. The molecule has 0 aromatic rings. The fourth-order valence-corrected chi connectivity index (χ4v) is 0.759. The van der Waals surface area contributed by atoms with Crippen molar-refractivity contribution in [1.82, 2.24) is 16.0 Å². The first-order valence-corrected chi connectivity index (χ1v) is 4.42. The van der Waals surface area contributed by atoms with Gasteiger partial charge in [0, 0.05) is 33.7 Å². The lowest BCUT2D eigenvalue weighted by Crippen LogP contribution is -2.36. The molecule has 0 aliphatic carbocycles.